The van der Waals surface area contributed by atoms with Crippen LogP contribution in [0.2, 0.25) is 0 Å². The van der Waals surface area contributed by atoms with Crippen molar-refractivity contribution in [3.8, 4) is 5.75 Å². The van der Waals surface area contributed by atoms with Crippen LogP contribution in [0, 0.1) is 12.7 Å². The fourth-order valence-electron chi connectivity index (χ4n) is 1.89. The van der Waals surface area contributed by atoms with E-state index in [-0.39, 0.29) is 21.7 Å². The van der Waals surface area contributed by atoms with Gasteiger partial charge in [-0.15, -0.1) is 0 Å². The average molecular weight is 338 g/mol. The summed E-state index contributed by atoms with van der Waals surface area (Å²) in [4.78, 5) is 11.2. The highest BCUT2D eigenvalue weighted by atomic mass is 32.2. The van der Waals surface area contributed by atoms with Crippen molar-refractivity contribution in [2.24, 2.45) is 5.73 Å². The zero-order valence-corrected chi connectivity index (χ0v) is 13.3. The molecule has 0 aliphatic rings. The van der Waals surface area contributed by atoms with Gasteiger partial charge in [-0.25, -0.2) is 12.8 Å². The van der Waals surface area contributed by atoms with Crippen LogP contribution in [0.5, 0.6) is 5.75 Å². The molecule has 6 nitrogen and oxygen atoms in total. The van der Waals surface area contributed by atoms with E-state index in [1.807, 2.05) is 0 Å². The lowest BCUT2D eigenvalue weighted by Gasteiger charge is -2.12. The summed E-state index contributed by atoms with van der Waals surface area (Å²) in [6.45, 7) is 1.39. The number of rotatable bonds is 5. The highest BCUT2D eigenvalue weighted by Gasteiger charge is 2.18. The Morgan fingerprint density at radius 1 is 1.22 bits per heavy atom. The third-order valence-corrected chi connectivity index (χ3v) is 4.62. The molecule has 0 unspecified atom stereocenters. The molecule has 2 rings (SSSR count). The lowest BCUT2D eigenvalue weighted by atomic mass is 10.1. The number of hydrogen-bond acceptors (Lipinski definition) is 4. The van der Waals surface area contributed by atoms with Crippen LogP contribution in [-0.4, -0.2) is 21.4 Å². The molecular weight excluding hydrogens is 323 g/mol. The molecule has 0 fully saturated rings. The number of halogens is 1. The SMILES string of the molecule is COc1ccc(S(=O)(=O)Nc2cc(C(N)=O)cc(F)c2C)cc1. The van der Waals surface area contributed by atoms with E-state index in [0.29, 0.717) is 5.75 Å². The molecule has 0 aromatic heterocycles. The maximum absolute atomic E-state index is 13.8. The Balaban J connectivity index is 2.42. The molecule has 0 radical (unpaired) electrons. The predicted molar refractivity (Wildman–Crippen MR) is 83.5 cm³/mol. The van der Waals surface area contributed by atoms with E-state index in [1.54, 1.807) is 0 Å². The smallest absolute Gasteiger partial charge is 0.261 e. The number of ether oxygens (including phenoxy) is 1. The summed E-state index contributed by atoms with van der Waals surface area (Å²) in [6, 6.07) is 7.84. The van der Waals surface area contributed by atoms with Gasteiger partial charge in [-0.1, -0.05) is 0 Å². The van der Waals surface area contributed by atoms with Gasteiger partial charge >= 0.3 is 0 Å². The highest BCUT2D eigenvalue weighted by Crippen LogP contribution is 2.24. The minimum absolute atomic E-state index is 0.0254. The summed E-state index contributed by atoms with van der Waals surface area (Å²) in [6.07, 6.45) is 0. The van der Waals surface area contributed by atoms with Crippen molar-refractivity contribution in [2.45, 2.75) is 11.8 Å². The maximum Gasteiger partial charge on any atom is 0.261 e. The normalized spacial score (nSPS) is 11.1. The van der Waals surface area contributed by atoms with Crippen LogP contribution in [0.25, 0.3) is 0 Å². The largest absolute Gasteiger partial charge is 0.497 e. The van der Waals surface area contributed by atoms with Crippen molar-refractivity contribution in [3.05, 3.63) is 53.3 Å². The molecule has 122 valence electrons. The molecule has 0 spiro atoms. The van der Waals surface area contributed by atoms with Gasteiger partial charge in [-0.2, -0.15) is 0 Å². The summed E-state index contributed by atoms with van der Waals surface area (Å²) < 4.78 is 45.7. The second-order valence-corrected chi connectivity index (χ2v) is 6.46. The number of amides is 1. The Labute approximate surface area is 133 Å². The van der Waals surface area contributed by atoms with Gasteiger partial charge in [0.2, 0.25) is 5.91 Å². The average Bonchev–Trinajstić information content (AvgIpc) is 2.51. The van der Waals surface area contributed by atoms with E-state index in [2.05, 4.69) is 4.72 Å². The van der Waals surface area contributed by atoms with Gasteiger partial charge in [-0.05, 0) is 43.3 Å². The Hall–Kier alpha value is -2.61. The molecule has 0 aliphatic carbocycles. The summed E-state index contributed by atoms with van der Waals surface area (Å²) in [7, 11) is -2.48. The van der Waals surface area contributed by atoms with Gasteiger partial charge in [-0.3, -0.25) is 9.52 Å². The molecule has 0 aliphatic heterocycles. The Morgan fingerprint density at radius 3 is 2.35 bits per heavy atom. The molecular formula is C15H15FN2O4S. The third kappa shape index (κ3) is 3.59. The van der Waals surface area contributed by atoms with Gasteiger partial charge in [0.05, 0.1) is 17.7 Å². The van der Waals surface area contributed by atoms with Crippen LogP contribution in [0.4, 0.5) is 10.1 Å². The van der Waals surface area contributed by atoms with Gasteiger partial charge in [0.1, 0.15) is 11.6 Å². The van der Waals surface area contributed by atoms with Crippen molar-refractivity contribution in [3.63, 3.8) is 0 Å². The first-order valence-electron chi connectivity index (χ1n) is 6.51. The molecule has 3 N–H and O–H groups in total. The fourth-order valence-corrected chi connectivity index (χ4v) is 3.00. The van der Waals surface area contributed by atoms with Crippen LogP contribution < -0.4 is 15.2 Å². The summed E-state index contributed by atoms with van der Waals surface area (Å²) in [5.74, 6) is -1.08. The molecule has 2 aromatic rings. The third-order valence-electron chi connectivity index (χ3n) is 3.24. The molecule has 0 saturated heterocycles. The lowest BCUT2D eigenvalue weighted by molar-refractivity contribution is 0.1000. The molecule has 0 bridgehead atoms. The van der Waals surface area contributed by atoms with Crippen LogP contribution in [0.15, 0.2) is 41.3 Å². The minimum Gasteiger partial charge on any atom is -0.497 e. The number of benzene rings is 2. The molecule has 0 atom stereocenters. The molecule has 0 saturated carbocycles. The Morgan fingerprint density at radius 2 is 1.83 bits per heavy atom. The predicted octanol–water partition coefficient (Wildman–Crippen LogP) is 2.04. The van der Waals surface area contributed by atoms with Crippen molar-refractivity contribution in [1.82, 2.24) is 0 Å². The quantitative estimate of drug-likeness (QED) is 0.871. The van der Waals surface area contributed by atoms with Crippen LogP contribution in [-0.2, 0) is 10.0 Å². The second kappa shape index (κ2) is 6.25. The number of primary amides is 1. The van der Waals surface area contributed by atoms with Crippen LogP contribution in [0.1, 0.15) is 15.9 Å². The monoisotopic (exact) mass is 338 g/mol. The number of hydrogen-bond donors (Lipinski definition) is 2. The first-order chi connectivity index (χ1) is 10.7. The zero-order chi connectivity index (χ0) is 17.2. The van der Waals surface area contributed by atoms with E-state index in [1.165, 1.54) is 44.4 Å². The first-order valence-corrected chi connectivity index (χ1v) is 7.99. The van der Waals surface area contributed by atoms with E-state index < -0.39 is 21.7 Å². The van der Waals surface area contributed by atoms with Crippen LogP contribution in [0.3, 0.4) is 0 Å². The number of sulfonamides is 1. The molecule has 1 amide bonds. The van der Waals surface area contributed by atoms with E-state index in [9.17, 15) is 17.6 Å². The molecule has 0 heterocycles. The number of anilines is 1. The Kier molecular flexibility index (Phi) is 4.55. The molecule has 8 heteroatoms. The number of carbonyl (C=O) groups is 1. The minimum atomic E-state index is -3.94. The van der Waals surface area contributed by atoms with Crippen LogP contribution >= 0.6 is 0 Å². The van der Waals surface area contributed by atoms with Crippen molar-refractivity contribution in [1.29, 1.82) is 0 Å². The van der Waals surface area contributed by atoms with E-state index in [0.717, 1.165) is 6.07 Å². The topological polar surface area (TPSA) is 98.5 Å². The second-order valence-electron chi connectivity index (χ2n) is 4.78. The van der Waals surface area contributed by atoms with Gasteiger partial charge in [0.25, 0.3) is 10.0 Å². The molecule has 23 heavy (non-hydrogen) atoms. The standard InChI is InChI=1S/C15H15FN2O4S/c1-9-13(16)7-10(15(17)19)8-14(9)18-23(20,21)12-5-3-11(22-2)4-6-12/h3-8,18H,1-2H3,(H2,17,19). The van der Waals surface area contributed by atoms with Gasteiger partial charge in [0, 0.05) is 11.1 Å². The van der Waals surface area contributed by atoms with Gasteiger partial charge in [0.15, 0.2) is 0 Å². The van der Waals surface area contributed by atoms with E-state index >= 15 is 0 Å². The summed E-state index contributed by atoms with van der Waals surface area (Å²) in [5.41, 5.74) is 5.00. The number of carbonyl (C=O) groups excluding carboxylic acids is 1. The summed E-state index contributed by atoms with van der Waals surface area (Å²) >= 11 is 0. The van der Waals surface area contributed by atoms with Gasteiger partial charge < -0.3 is 10.5 Å². The van der Waals surface area contributed by atoms with Crippen molar-refractivity contribution >= 4 is 21.6 Å². The number of methoxy groups -OCH3 is 1. The lowest BCUT2D eigenvalue weighted by Crippen LogP contribution is -2.16. The summed E-state index contributed by atoms with van der Waals surface area (Å²) in [5, 5.41) is 0. The fraction of sp³-hybridized carbons (Fsp3) is 0.133. The zero-order valence-electron chi connectivity index (χ0n) is 12.5. The molecule has 2 aromatic carbocycles. The maximum atomic E-state index is 13.8. The van der Waals surface area contributed by atoms with E-state index in [4.69, 9.17) is 10.5 Å². The number of nitrogens with two attached hydrogens (primary N) is 1. The first kappa shape index (κ1) is 16.8. The van der Waals surface area contributed by atoms with Crippen molar-refractivity contribution in [2.75, 3.05) is 11.8 Å². The van der Waals surface area contributed by atoms with Crippen molar-refractivity contribution < 1.29 is 22.3 Å². The highest BCUT2D eigenvalue weighted by molar-refractivity contribution is 7.92. The number of nitrogens with one attached hydrogen (secondary N) is 1. The Bertz CT molecular complexity index is 849.